The zero-order valence-corrected chi connectivity index (χ0v) is 22.9. The molecular weight excluding hydrogens is 520 g/mol. The normalized spacial score (nSPS) is 15.1. The lowest BCUT2D eigenvalue weighted by Crippen LogP contribution is -2.48. The van der Waals surface area contributed by atoms with Crippen molar-refractivity contribution in [3.8, 4) is 5.75 Å². The molecule has 0 aliphatic carbocycles. The van der Waals surface area contributed by atoms with E-state index in [1.54, 1.807) is 18.4 Å². The van der Waals surface area contributed by atoms with Crippen LogP contribution >= 0.6 is 11.3 Å². The number of methoxy groups -OCH3 is 1. The van der Waals surface area contributed by atoms with Gasteiger partial charge in [0, 0.05) is 37.8 Å². The molecule has 1 fully saturated rings. The van der Waals surface area contributed by atoms with Crippen LogP contribution in [-0.4, -0.2) is 68.4 Å². The number of pyridine rings is 1. The number of ether oxygens (including phenoxy) is 1. The van der Waals surface area contributed by atoms with Crippen LogP contribution in [0.4, 0.5) is 5.13 Å². The molecule has 1 aliphatic heterocycles. The third-order valence-corrected chi connectivity index (χ3v) is 8.57. The molecule has 7 rings (SSSR count). The summed E-state index contributed by atoms with van der Waals surface area (Å²) in [5, 5.41) is 15.3. The highest BCUT2D eigenvalue weighted by atomic mass is 32.1. The fourth-order valence-electron chi connectivity index (χ4n) is 5.38. The van der Waals surface area contributed by atoms with Crippen LogP contribution in [0.25, 0.3) is 21.1 Å². The van der Waals surface area contributed by atoms with Crippen LogP contribution in [0, 0.1) is 0 Å². The maximum atomic E-state index is 5.33. The van der Waals surface area contributed by atoms with E-state index >= 15 is 0 Å². The van der Waals surface area contributed by atoms with Gasteiger partial charge in [-0.25, -0.2) is 9.67 Å². The Kier molecular flexibility index (Phi) is 6.54. The van der Waals surface area contributed by atoms with Crippen molar-refractivity contribution in [1.82, 2.24) is 35.1 Å². The van der Waals surface area contributed by atoms with E-state index in [9.17, 15) is 0 Å². The smallest absolute Gasteiger partial charge is 0.186 e. The maximum Gasteiger partial charge on any atom is 0.186 e. The number of benzene rings is 3. The number of tetrazole rings is 1. The molecule has 0 N–H and O–H groups in total. The Labute approximate surface area is 235 Å². The molecular formula is C30H28N8OS. The van der Waals surface area contributed by atoms with Crippen LogP contribution in [0.1, 0.15) is 23.0 Å². The summed E-state index contributed by atoms with van der Waals surface area (Å²) in [7, 11) is 1.68. The summed E-state index contributed by atoms with van der Waals surface area (Å²) in [6.07, 6.45) is 1.83. The van der Waals surface area contributed by atoms with Crippen molar-refractivity contribution < 1.29 is 4.74 Å². The first-order valence-electron chi connectivity index (χ1n) is 13.3. The number of hydrogen-bond acceptors (Lipinski definition) is 9. The largest absolute Gasteiger partial charge is 0.497 e. The van der Waals surface area contributed by atoms with Gasteiger partial charge in [-0.2, -0.15) is 0 Å². The average molecular weight is 549 g/mol. The molecule has 4 heterocycles. The van der Waals surface area contributed by atoms with Crippen molar-refractivity contribution in [2.45, 2.75) is 12.6 Å². The Balaban J connectivity index is 1.20. The number of nitrogens with zero attached hydrogens (tertiary/aromatic N) is 8. The van der Waals surface area contributed by atoms with Gasteiger partial charge in [0.2, 0.25) is 0 Å². The second kappa shape index (κ2) is 10.6. The van der Waals surface area contributed by atoms with Crippen LogP contribution in [0.2, 0.25) is 0 Å². The molecule has 3 aromatic heterocycles. The molecule has 200 valence electrons. The molecule has 1 saturated heterocycles. The van der Waals surface area contributed by atoms with Gasteiger partial charge in [-0.05, 0) is 64.0 Å². The first-order valence-corrected chi connectivity index (χ1v) is 14.1. The summed E-state index contributed by atoms with van der Waals surface area (Å²) in [5.41, 5.74) is 4.30. The van der Waals surface area contributed by atoms with Crippen LogP contribution in [0.3, 0.4) is 0 Å². The van der Waals surface area contributed by atoms with Crippen molar-refractivity contribution in [1.29, 1.82) is 0 Å². The topological polar surface area (TPSA) is 85.1 Å². The van der Waals surface area contributed by atoms with E-state index in [1.165, 1.54) is 4.70 Å². The van der Waals surface area contributed by atoms with Crippen molar-refractivity contribution in [2.75, 3.05) is 38.2 Å². The summed E-state index contributed by atoms with van der Waals surface area (Å²) >= 11 is 1.76. The number of piperazine rings is 1. The second-order valence-corrected chi connectivity index (χ2v) is 10.9. The minimum absolute atomic E-state index is 0.102. The standard InChI is InChI=1S/C30H28N8OS/c1-39-24-11-8-21(9-12-24)20-38-29(33-34-35-38)28(23-10-13-25-22(19-23)5-4-14-31-25)36-15-17-37(18-16-36)30-32-26-6-2-3-7-27(26)40-30/h2-14,19,28H,15-18,20H2,1H3. The molecule has 0 saturated carbocycles. The molecule has 1 atom stereocenters. The van der Waals surface area contributed by atoms with Crippen LogP contribution in [0.15, 0.2) is 85.1 Å². The summed E-state index contributed by atoms with van der Waals surface area (Å²) in [6.45, 7) is 4.06. The van der Waals surface area contributed by atoms with Crippen LogP contribution < -0.4 is 9.64 Å². The lowest BCUT2D eigenvalue weighted by atomic mass is 10.0. The van der Waals surface area contributed by atoms with Crippen molar-refractivity contribution in [3.05, 3.63) is 102 Å². The van der Waals surface area contributed by atoms with E-state index < -0.39 is 0 Å². The lowest BCUT2D eigenvalue weighted by Gasteiger charge is -2.38. The van der Waals surface area contributed by atoms with Crippen molar-refractivity contribution in [3.63, 3.8) is 0 Å². The fraction of sp³-hybridized carbons (Fsp3) is 0.233. The molecule has 0 bridgehead atoms. The van der Waals surface area contributed by atoms with Gasteiger partial charge < -0.3 is 9.64 Å². The van der Waals surface area contributed by atoms with E-state index in [2.05, 4.69) is 84.9 Å². The molecule has 1 unspecified atom stereocenters. The quantitative estimate of drug-likeness (QED) is 0.281. The van der Waals surface area contributed by atoms with Gasteiger partial charge in [0.25, 0.3) is 0 Å². The number of anilines is 1. The first-order chi connectivity index (χ1) is 19.7. The Bertz CT molecular complexity index is 1720. The fourth-order valence-corrected chi connectivity index (χ4v) is 6.40. The number of fused-ring (bicyclic) bond motifs is 2. The van der Waals surface area contributed by atoms with E-state index in [1.807, 2.05) is 35.1 Å². The second-order valence-electron chi connectivity index (χ2n) is 9.89. The van der Waals surface area contributed by atoms with E-state index in [4.69, 9.17) is 9.72 Å². The summed E-state index contributed by atoms with van der Waals surface area (Å²) in [5.74, 6) is 1.65. The molecule has 0 spiro atoms. The average Bonchev–Trinajstić information content (AvgIpc) is 3.65. The highest BCUT2D eigenvalue weighted by molar-refractivity contribution is 7.22. The van der Waals surface area contributed by atoms with Gasteiger partial charge in [-0.15, -0.1) is 5.10 Å². The Morgan fingerprint density at radius 3 is 2.58 bits per heavy atom. The molecule has 40 heavy (non-hydrogen) atoms. The minimum Gasteiger partial charge on any atom is -0.497 e. The third-order valence-electron chi connectivity index (χ3n) is 7.47. The summed E-state index contributed by atoms with van der Waals surface area (Å²) in [6, 6.07) is 26.8. The predicted molar refractivity (Wildman–Crippen MR) is 157 cm³/mol. The highest BCUT2D eigenvalue weighted by Gasteiger charge is 2.31. The summed E-state index contributed by atoms with van der Waals surface area (Å²) in [4.78, 5) is 14.3. The number of hydrogen-bond donors (Lipinski definition) is 0. The molecule has 9 nitrogen and oxygen atoms in total. The minimum atomic E-state index is -0.102. The van der Waals surface area contributed by atoms with Crippen LogP contribution in [0.5, 0.6) is 5.75 Å². The van der Waals surface area contributed by atoms with Gasteiger partial charge in [-0.1, -0.05) is 47.7 Å². The van der Waals surface area contributed by atoms with E-state index in [0.29, 0.717) is 6.54 Å². The Morgan fingerprint density at radius 2 is 1.75 bits per heavy atom. The predicted octanol–water partition coefficient (Wildman–Crippen LogP) is 4.80. The molecule has 1 aliphatic rings. The molecule has 0 radical (unpaired) electrons. The van der Waals surface area contributed by atoms with Crippen molar-refractivity contribution in [2.24, 2.45) is 0 Å². The monoisotopic (exact) mass is 548 g/mol. The van der Waals surface area contributed by atoms with E-state index in [-0.39, 0.29) is 6.04 Å². The van der Waals surface area contributed by atoms with Crippen LogP contribution in [-0.2, 0) is 6.54 Å². The van der Waals surface area contributed by atoms with Gasteiger partial charge >= 0.3 is 0 Å². The third kappa shape index (κ3) is 4.76. The number of para-hydroxylation sites is 1. The Morgan fingerprint density at radius 1 is 0.900 bits per heavy atom. The first kappa shape index (κ1) is 24.6. The lowest BCUT2D eigenvalue weighted by molar-refractivity contribution is 0.201. The molecule has 3 aromatic carbocycles. The number of rotatable bonds is 7. The highest BCUT2D eigenvalue weighted by Crippen LogP contribution is 2.33. The summed E-state index contributed by atoms with van der Waals surface area (Å²) < 4.78 is 8.47. The molecule has 10 heteroatoms. The Hall–Kier alpha value is -4.41. The van der Waals surface area contributed by atoms with Gasteiger partial charge in [0.05, 0.1) is 35.4 Å². The van der Waals surface area contributed by atoms with Crippen molar-refractivity contribution >= 4 is 37.6 Å². The zero-order valence-electron chi connectivity index (χ0n) is 22.1. The number of thiazole rings is 1. The zero-order chi connectivity index (χ0) is 26.9. The van der Waals surface area contributed by atoms with E-state index in [0.717, 1.165) is 70.4 Å². The molecule has 0 amide bonds. The molecule has 6 aromatic rings. The van der Waals surface area contributed by atoms with Gasteiger partial charge in [0.1, 0.15) is 5.75 Å². The maximum absolute atomic E-state index is 5.33. The number of aromatic nitrogens is 6. The van der Waals surface area contributed by atoms with Gasteiger partial charge in [-0.3, -0.25) is 9.88 Å². The SMILES string of the molecule is COc1ccc(Cn2nnnc2C(c2ccc3ncccc3c2)N2CCN(c3nc4ccccc4s3)CC2)cc1. The van der Waals surface area contributed by atoms with Gasteiger partial charge in [0.15, 0.2) is 11.0 Å².